The van der Waals surface area contributed by atoms with Crippen molar-refractivity contribution in [3.63, 3.8) is 0 Å². The molecule has 0 aliphatic carbocycles. The highest BCUT2D eigenvalue weighted by Gasteiger charge is 2.29. The molecule has 1 aromatic heterocycles. The molecule has 4 nitrogen and oxygen atoms in total. The van der Waals surface area contributed by atoms with Gasteiger partial charge in [0, 0.05) is 30.0 Å². The van der Waals surface area contributed by atoms with E-state index in [-0.39, 0.29) is 11.9 Å². The van der Waals surface area contributed by atoms with Crippen molar-refractivity contribution in [1.29, 1.82) is 0 Å². The minimum atomic E-state index is -0.0767. The summed E-state index contributed by atoms with van der Waals surface area (Å²) in [6.07, 6.45) is 0. The molecular formula is C20H19IN2O2. The summed E-state index contributed by atoms with van der Waals surface area (Å²) >= 11 is 2.31. The number of benzene rings is 2. The van der Waals surface area contributed by atoms with Crippen LogP contribution in [-0.2, 0) is 11.3 Å². The van der Waals surface area contributed by atoms with Crippen molar-refractivity contribution in [2.45, 2.75) is 26.4 Å². The Hall–Kier alpha value is -2.02. The number of fused-ring (bicyclic) bond motifs is 5. The molecule has 1 atom stereocenters. The first-order valence-corrected chi connectivity index (χ1v) is 9.34. The van der Waals surface area contributed by atoms with Crippen LogP contribution in [0.15, 0.2) is 36.4 Å². The van der Waals surface area contributed by atoms with E-state index in [9.17, 15) is 4.79 Å². The molecule has 1 unspecified atom stereocenters. The number of methoxy groups -OCH3 is 1. The third kappa shape index (κ3) is 2.52. The molecule has 0 saturated heterocycles. The topological polar surface area (TPSA) is 43.3 Å². The third-order valence-corrected chi connectivity index (χ3v) is 5.67. The molecule has 0 spiro atoms. The Morgan fingerprint density at radius 2 is 2.08 bits per heavy atom. The summed E-state index contributed by atoms with van der Waals surface area (Å²) < 4.78 is 8.98. The number of nitrogens with zero attached hydrogens (tertiary/aromatic N) is 1. The van der Waals surface area contributed by atoms with Gasteiger partial charge in [-0.15, -0.1) is 0 Å². The van der Waals surface area contributed by atoms with Crippen molar-refractivity contribution in [2.24, 2.45) is 0 Å². The molecular weight excluding hydrogens is 427 g/mol. The fraction of sp³-hybridized carbons (Fsp3) is 0.250. The van der Waals surface area contributed by atoms with Crippen molar-refractivity contribution in [1.82, 2.24) is 9.88 Å². The minimum Gasteiger partial charge on any atom is -0.496 e. The molecule has 3 aromatic rings. The Bertz CT molecular complexity index is 1010. The molecule has 1 aliphatic heterocycles. The predicted molar refractivity (Wildman–Crippen MR) is 108 cm³/mol. The zero-order valence-corrected chi connectivity index (χ0v) is 16.5. The number of halogens is 1. The molecule has 1 aliphatic rings. The SMILES string of the molecule is COc1cc2c(C(C)NC(C)=O)c3n(c2cc1I)Cc1ccccc1-3. The maximum absolute atomic E-state index is 11.7. The van der Waals surface area contributed by atoms with Gasteiger partial charge in [-0.2, -0.15) is 0 Å². The van der Waals surface area contributed by atoms with Gasteiger partial charge in [-0.05, 0) is 47.2 Å². The molecule has 25 heavy (non-hydrogen) atoms. The highest BCUT2D eigenvalue weighted by molar-refractivity contribution is 14.1. The van der Waals surface area contributed by atoms with Gasteiger partial charge in [0.15, 0.2) is 0 Å². The molecule has 0 radical (unpaired) electrons. The Kier molecular flexibility index (Phi) is 3.98. The molecule has 128 valence electrons. The quantitative estimate of drug-likeness (QED) is 0.472. The summed E-state index contributed by atoms with van der Waals surface area (Å²) in [7, 11) is 1.69. The average Bonchev–Trinajstić information content (AvgIpc) is 3.08. The molecule has 1 N–H and O–H groups in total. The van der Waals surface area contributed by atoms with E-state index in [0.717, 1.165) is 26.8 Å². The van der Waals surface area contributed by atoms with Gasteiger partial charge in [0.1, 0.15) is 5.75 Å². The lowest BCUT2D eigenvalue weighted by atomic mass is 9.98. The van der Waals surface area contributed by atoms with E-state index >= 15 is 0 Å². The van der Waals surface area contributed by atoms with E-state index < -0.39 is 0 Å². The summed E-state index contributed by atoms with van der Waals surface area (Å²) in [5.41, 5.74) is 6.12. The maximum atomic E-state index is 11.7. The lowest BCUT2D eigenvalue weighted by Gasteiger charge is -2.15. The van der Waals surface area contributed by atoms with Crippen LogP contribution in [0.3, 0.4) is 0 Å². The molecule has 0 fully saturated rings. The van der Waals surface area contributed by atoms with Crippen LogP contribution in [0.1, 0.15) is 31.0 Å². The van der Waals surface area contributed by atoms with Crippen LogP contribution in [0, 0.1) is 3.57 Å². The molecule has 4 rings (SSSR count). The number of hydrogen-bond acceptors (Lipinski definition) is 2. The van der Waals surface area contributed by atoms with Gasteiger partial charge < -0.3 is 14.6 Å². The van der Waals surface area contributed by atoms with Gasteiger partial charge in [-0.1, -0.05) is 24.3 Å². The summed E-state index contributed by atoms with van der Waals surface area (Å²) in [5, 5.41) is 4.20. The lowest BCUT2D eigenvalue weighted by Crippen LogP contribution is -2.23. The number of carbonyl (C=O) groups is 1. The van der Waals surface area contributed by atoms with E-state index in [2.05, 4.69) is 68.9 Å². The van der Waals surface area contributed by atoms with Gasteiger partial charge in [-0.25, -0.2) is 0 Å². The van der Waals surface area contributed by atoms with Crippen molar-refractivity contribution in [3.05, 3.63) is 51.1 Å². The number of nitrogens with one attached hydrogen (secondary N) is 1. The second-order valence-corrected chi connectivity index (χ2v) is 7.59. The third-order valence-electron chi connectivity index (χ3n) is 4.83. The molecule has 2 aromatic carbocycles. The standard InChI is InChI=1S/C20H19IN2O2/c1-11(22-12(2)24)19-15-8-18(25-3)16(21)9-17(15)23-10-13-6-4-5-7-14(13)20(19)23/h4-9,11H,10H2,1-3H3,(H,22,24). The molecule has 2 heterocycles. The predicted octanol–water partition coefficient (Wildman–Crippen LogP) is 4.48. The first kappa shape index (κ1) is 16.4. The first-order valence-electron chi connectivity index (χ1n) is 8.26. The number of aromatic nitrogens is 1. The second kappa shape index (κ2) is 6.05. The van der Waals surface area contributed by atoms with Crippen LogP contribution >= 0.6 is 22.6 Å². The average molecular weight is 446 g/mol. The summed E-state index contributed by atoms with van der Waals surface area (Å²) in [4.78, 5) is 11.7. The maximum Gasteiger partial charge on any atom is 0.217 e. The van der Waals surface area contributed by atoms with Gasteiger partial charge in [0.25, 0.3) is 0 Å². The second-order valence-electron chi connectivity index (χ2n) is 6.43. The zero-order valence-electron chi connectivity index (χ0n) is 14.4. The monoisotopic (exact) mass is 446 g/mol. The highest BCUT2D eigenvalue weighted by Crippen LogP contribution is 2.45. The van der Waals surface area contributed by atoms with E-state index in [1.54, 1.807) is 14.0 Å². The molecule has 0 bridgehead atoms. The Morgan fingerprint density at radius 1 is 1.32 bits per heavy atom. The number of rotatable bonds is 3. The van der Waals surface area contributed by atoms with E-state index in [0.29, 0.717) is 0 Å². The van der Waals surface area contributed by atoms with Gasteiger partial charge in [0.05, 0.1) is 27.9 Å². The Balaban J connectivity index is 2.05. The van der Waals surface area contributed by atoms with Crippen molar-refractivity contribution in [2.75, 3.05) is 7.11 Å². The lowest BCUT2D eigenvalue weighted by molar-refractivity contribution is -0.119. The normalized spacial score (nSPS) is 13.4. The summed E-state index contributed by atoms with van der Waals surface area (Å²) in [5.74, 6) is 0.839. The highest BCUT2D eigenvalue weighted by atomic mass is 127. The molecule has 1 amide bonds. The number of carbonyl (C=O) groups excluding carboxylic acids is 1. The van der Waals surface area contributed by atoms with Crippen molar-refractivity contribution in [3.8, 4) is 17.0 Å². The number of hydrogen-bond donors (Lipinski definition) is 1. The van der Waals surface area contributed by atoms with E-state index in [4.69, 9.17) is 4.74 Å². The van der Waals surface area contributed by atoms with Crippen LogP contribution in [0.5, 0.6) is 5.75 Å². The van der Waals surface area contributed by atoms with Gasteiger partial charge >= 0.3 is 0 Å². The molecule has 5 heteroatoms. The molecule has 0 saturated carbocycles. The van der Waals surface area contributed by atoms with Crippen LogP contribution in [0.25, 0.3) is 22.2 Å². The number of amides is 1. The smallest absolute Gasteiger partial charge is 0.217 e. The van der Waals surface area contributed by atoms with Gasteiger partial charge in [-0.3, -0.25) is 4.79 Å². The fourth-order valence-electron chi connectivity index (χ4n) is 3.86. The zero-order chi connectivity index (χ0) is 17.7. The number of ether oxygens (including phenoxy) is 1. The summed E-state index contributed by atoms with van der Waals surface area (Å²) in [6, 6.07) is 12.7. The van der Waals surface area contributed by atoms with Crippen LogP contribution in [-0.4, -0.2) is 17.6 Å². The van der Waals surface area contributed by atoms with E-state index in [1.165, 1.54) is 22.3 Å². The summed E-state index contributed by atoms with van der Waals surface area (Å²) in [6.45, 7) is 4.46. The Labute approximate surface area is 160 Å². The van der Waals surface area contributed by atoms with Crippen molar-refractivity contribution >= 4 is 39.4 Å². The van der Waals surface area contributed by atoms with Gasteiger partial charge in [0.2, 0.25) is 5.91 Å². The fourth-order valence-corrected chi connectivity index (χ4v) is 4.53. The minimum absolute atomic E-state index is 0.0237. The van der Waals surface area contributed by atoms with Crippen LogP contribution < -0.4 is 10.1 Å². The van der Waals surface area contributed by atoms with Crippen LogP contribution in [0.4, 0.5) is 0 Å². The van der Waals surface area contributed by atoms with Crippen LogP contribution in [0.2, 0.25) is 0 Å². The first-order chi connectivity index (χ1) is 12.0. The Morgan fingerprint density at radius 3 is 2.80 bits per heavy atom. The van der Waals surface area contributed by atoms with E-state index in [1.807, 2.05) is 6.92 Å². The largest absolute Gasteiger partial charge is 0.496 e. The van der Waals surface area contributed by atoms with Crippen molar-refractivity contribution < 1.29 is 9.53 Å².